The predicted octanol–water partition coefficient (Wildman–Crippen LogP) is 1.54. The SMILES string of the molecule is CCCNCCC(=O)NCCC(C)C. The fourth-order valence-electron chi connectivity index (χ4n) is 1.09. The number of hydrogen-bond acceptors (Lipinski definition) is 2. The van der Waals surface area contributed by atoms with E-state index < -0.39 is 0 Å². The second-order valence-corrected chi connectivity index (χ2v) is 4.03. The molecule has 0 aromatic rings. The third-order valence-corrected chi connectivity index (χ3v) is 2.00. The Morgan fingerprint density at radius 3 is 2.50 bits per heavy atom. The zero-order valence-electron chi connectivity index (χ0n) is 9.73. The van der Waals surface area contributed by atoms with E-state index in [0.717, 1.165) is 32.5 Å². The van der Waals surface area contributed by atoms with Crippen LogP contribution in [0.3, 0.4) is 0 Å². The first-order valence-corrected chi connectivity index (χ1v) is 5.64. The van der Waals surface area contributed by atoms with Gasteiger partial charge in [0.25, 0.3) is 0 Å². The lowest BCUT2D eigenvalue weighted by molar-refractivity contribution is -0.121. The van der Waals surface area contributed by atoms with Crippen molar-refractivity contribution in [3.8, 4) is 0 Å². The maximum Gasteiger partial charge on any atom is 0.221 e. The van der Waals surface area contributed by atoms with Gasteiger partial charge >= 0.3 is 0 Å². The smallest absolute Gasteiger partial charge is 0.221 e. The van der Waals surface area contributed by atoms with E-state index in [9.17, 15) is 4.79 Å². The molecule has 3 heteroatoms. The molecule has 0 unspecified atom stereocenters. The molecule has 0 radical (unpaired) electrons. The molecule has 3 nitrogen and oxygen atoms in total. The van der Waals surface area contributed by atoms with Crippen molar-refractivity contribution in [3.05, 3.63) is 0 Å². The lowest BCUT2D eigenvalue weighted by atomic mass is 10.1. The average Bonchev–Trinajstić information content (AvgIpc) is 2.12. The van der Waals surface area contributed by atoms with Gasteiger partial charge in [0.05, 0.1) is 0 Å². The zero-order chi connectivity index (χ0) is 10.8. The molecule has 0 aromatic heterocycles. The van der Waals surface area contributed by atoms with Gasteiger partial charge in [-0.2, -0.15) is 0 Å². The molecule has 1 amide bonds. The number of hydrogen-bond donors (Lipinski definition) is 2. The molecule has 0 spiro atoms. The molecule has 0 bridgehead atoms. The van der Waals surface area contributed by atoms with Crippen LogP contribution in [0.25, 0.3) is 0 Å². The highest BCUT2D eigenvalue weighted by Gasteiger charge is 2.00. The Kier molecular flexibility index (Phi) is 8.64. The Labute approximate surface area is 87.6 Å². The van der Waals surface area contributed by atoms with Crippen LogP contribution in [0.2, 0.25) is 0 Å². The third-order valence-electron chi connectivity index (χ3n) is 2.00. The van der Waals surface area contributed by atoms with Gasteiger partial charge in [0, 0.05) is 19.5 Å². The first-order chi connectivity index (χ1) is 6.66. The van der Waals surface area contributed by atoms with Crippen molar-refractivity contribution in [1.82, 2.24) is 10.6 Å². The van der Waals surface area contributed by atoms with Crippen molar-refractivity contribution < 1.29 is 4.79 Å². The van der Waals surface area contributed by atoms with Crippen LogP contribution in [-0.2, 0) is 4.79 Å². The van der Waals surface area contributed by atoms with Crippen LogP contribution in [0, 0.1) is 5.92 Å². The molecule has 84 valence electrons. The zero-order valence-corrected chi connectivity index (χ0v) is 9.73. The summed E-state index contributed by atoms with van der Waals surface area (Å²) in [5, 5.41) is 6.12. The van der Waals surface area contributed by atoms with Gasteiger partial charge in [0.2, 0.25) is 5.91 Å². The Balaban J connectivity index is 3.20. The lowest BCUT2D eigenvalue weighted by Crippen LogP contribution is -2.29. The Morgan fingerprint density at radius 1 is 1.21 bits per heavy atom. The van der Waals surface area contributed by atoms with E-state index in [1.54, 1.807) is 0 Å². The minimum absolute atomic E-state index is 0.161. The van der Waals surface area contributed by atoms with Gasteiger partial charge in [-0.05, 0) is 25.3 Å². The Bertz CT molecular complexity index is 146. The van der Waals surface area contributed by atoms with E-state index in [1.165, 1.54) is 0 Å². The molecule has 0 saturated heterocycles. The molecule has 14 heavy (non-hydrogen) atoms. The van der Waals surface area contributed by atoms with Gasteiger partial charge in [-0.25, -0.2) is 0 Å². The van der Waals surface area contributed by atoms with Gasteiger partial charge in [-0.1, -0.05) is 20.8 Å². The highest BCUT2D eigenvalue weighted by molar-refractivity contribution is 5.75. The van der Waals surface area contributed by atoms with Gasteiger partial charge < -0.3 is 10.6 Å². The Morgan fingerprint density at radius 2 is 1.93 bits per heavy atom. The van der Waals surface area contributed by atoms with E-state index in [-0.39, 0.29) is 5.91 Å². The monoisotopic (exact) mass is 200 g/mol. The summed E-state index contributed by atoms with van der Waals surface area (Å²) in [6, 6.07) is 0. The topological polar surface area (TPSA) is 41.1 Å². The van der Waals surface area contributed by atoms with E-state index >= 15 is 0 Å². The summed E-state index contributed by atoms with van der Waals surface area (Å²) in [7, 11) is 0. The number of nitrogens with one attached hydrogen (secondary N) is 2. The molecular formula is C11H24N2O. The standard InChI is InChI=1S/C11H24N2O/c1-4-7-12-8-6-11(14)13-9-5-10(2)3/h10,12H,4-9H2,1-3H3,(H,13,14). The van der Waals surface area contributed by atoms with Crippen molar-refractivity contribution in [3.63, 3.8) is 0 Å². The predicted molar refractivity (Wildman–Crippen MR) is 60.2 cm³/mol. The van der Waals surface area contributed by atoms with E-state index in [2.05, 4.69) is 31.4 Å². The van der Waals surface area contributed by atoms with E-state index in [4.69, 9.17) is 0 Å². The second-order valence-electron chi connectivity index (χ2n) is 4.03. The fourth-order valence-corrected chi connectivity index (χ4v) is 1.09. The summed E-state index contributed by atoms with van der Waals surface area (Å²) in [5.41, 5.74) is 0. The fraction of sp³-hybridized carbons (Fsp3) is 0.909. The summed E-state index contributed by atoms with van der Waals surface area (Å²) in [4.78, 5) is 11.2. The van der Waals surface area contributed by atoms with Crippen molar-refractivity contribution in [2.24, 2.45) is 5.92 Å². The van der Waals surface area contributed by atoms with E-state index in [1.807, 2.05) is 0 Å². The molecule has 0 saturated carbocycles. The van der Waals surface area contributed by atoms with Crippen LogP contribution in [0.5, 0.6) is 0 Å². The summed E-state index contributed by atoms with van der Waals surface area (Å²) >= 11 is 0. The molecule has 0 aromatic carbocycles. The Hall–Kier alpha value is -0.570. The first kappa shape index (κ1) is 13.4. The maximum absolute atomic E-state index is 11.2. The highest BCUT2D eigenvalue weighted by atomic mass is 16.1. The summed E-state index contributed by atoms with van der Waals surface area (Å²) in [5.74, 6) is 0.822. The number of carbonyl (C=O) groups is 1. The molecule has 0 atom stereocenters. The van der Waals surface area contributed by atoms with Crippen LogP contribution < -0.4 is 10.6 Å². The first-order valence-electron chi connectivity index (χ1n) is 5.64. The van der Waals surface area contributed by atoms with Crippen LogP contribution in [-0.4, -0.2) is 25.5 Å². The lowest BCUT2D eigenvalue weighted by Gasteiger charge is -2.07. The second kappa shape index (κ2) is 9.00. The van der Waals surface area contributed by atoms with Crippen LogP contribution in [0.15, 0.2) is 0 Å². The van der Waals surface area contributed by atoms with Gasteiger partial charge in [0.15, 0.2) is 0 Å². The highest BCUT2D eigenvalue weighted by Crippen LogP contribution is 1.96. The molecular weight excluding hydrogens is 176 g/mol. The van der Waals surface area contributed by atoms with Crippen LogP contribution in [0.1, 0.15) is 40.0 Å². The van der Waals surface area contributed by atoms with Crippen molar-refractivity contribution in [2.45, 2.75) is 40.0 Å². The molecule has 0 aliphatic heterocycles. The van der Waals surface area contributed by atoms with Gasteiger partial charge in [-0.15, -0.1) is 0 Å². The minimum atomic E-state index is 0.161. The molecule has 0 aliphatic carbocycles. The summed E-state index contributed by atoms with van der Waals surface area (Å²) < 4.78 is 0. The summed E-state index contributed by atoms with van der Waals surface area (Å²) in [6.45, 7) is 9.05. The van der Waals surface area contributed by atoms with Gasteiger partial charge in [0.1, 0.15) is 0 Å². The number of amides is 1. The van der Waals surface area contributed by atoms with Crippen molar-refractivity contribution in [1.29, 1.82) is 0 Å². The molecule has 0 rings (SSSR count). The number of carbonyl (C=O) groups excluding carboxylic acids is 1. The largest absolute Gasteiger partial charge is 0.356 e. The summed E-state index contributed by atoms with van der Waals surface area (Å²) in [6.07, 6.45) is 2.78. The molecule has 0 aliphatic rings. The van der Waals surface area contributed by atoms with Crippen molar-refractivity contribution >= 4 is 5.91 Å². The number of rotatable bonds is 8. The quantitative estimate of drug-likeness (QED) is 0.584. The van der Waals surface area contributed by atoms with Crippen LogP contribution in [0.4, 0.5) is 0 Å². The minimum Gasteiger partial charge on any atom is -0.356 e. The molecule has 2 N–H and O–H groups in total. The van der Waals surface area contributed by atoms with Crippen LogP contribution >= 0.6 is 0 Å². The van der Waals surface area contributed by atoms with E-state index in [0.29, 0.717) is 12.3 Å². The van der Waals surface area contributed by atoms with Crippen molar-refractivity contribution in [2.75, 3.05) is 19.6 Å². The van der Waals surface area contributed by atoms with Gasteiger partial charge in [-0.3, -0.25) is 4.79 Å². The molecule has 0 heterocycles. The average molecular weight is 200 g/mol. The normalized spacial score (nSPS) is 10.6. The molecule has 0 fully saturated rings. The maximum atomic E-state index is 11.2. The third kappa shape index (κ3) is 9.52.